The Morgan fingerprint density at radius 1 is 0.971 bits per heavy atom. The zero-order valence-corrected chi connectivity index (χ0v) is 29.2. The molecule has 2 N–H and O–H groups in total. The molecule has 1 aliphatic rings. The molecule has 2 rings (SSSR count). The monoisotopic (exact) mass is 497 g/mol. The third kappa shape index (κ3) is 22.4. The van der Waals surface area contributed by atoms with Gasteiger partial charge < -0.3 is 5.73 Å². The van der Waals surface area contributed by atoms with E-state index >= 15 is 0 Å². The number of aryl methyl sites for hydroxylation is 1. The minimum atomic E-state index is 0. The van der Waals surface area contributed by atoms with Crippen molar-refractivity contribution >= 4 is 5.57 Å². The Kier molecular flexibility index (Phi) is 37.8. The molecule has 0 bridgehead atoms. The molecule has 0 aliphatic heterocycles. The van der Waals surface area contributed by atoms with E-state index in [0.717, 1.165) is 23.3 Å². The molecule has 2 heteroatoms. The van der Waals surface area contributed by atoms with E-state index in [9.17, 15) is 0 Å². The van der Waals surface area contributed by atoms with Gasteiger partial charge in [-0.05, 0) is 43.6 Å². The Bertz CT molecular complexity index is 611. The van der Waals surface area contributed by atoms with Crippen molar-refractivity contribution in [3.8, 4) is 0 Å². The van der Waals surface area contributed by atoms with Crippen LogP contribution in [0.25, 0.3) is 5.57 Å². The zero-order valence-electron chi connectivity index (χ0n) is 27.2. The van der Waals surface area contributed by atoms with Crippen LogP contribution in [-0.2, 0) is 0 Å². The summed E-state index contributed by atoms with van der Waals surface area (Å²) in [7, 11) is 0. The average Bonchev–Trinajstić information content (AvgIpc) is 3.26. The first-order valence-corrected chi connectivity index (χ1v) is 14.1. The molecule has 1 saturated carbocycles. The molecule has 0 radical (unpaired) electrons. The third-order valence-electron chi connectivity index (χ3n) is 5.33. The molecule has 0 amide bonds. The molecule has 1 aromatic carbocycles. The first-order chi connectivity index (χ1) is 16.0. The second kappa shape index (κ2) is 29.7. The maximum absolute atomic E-state index is 5.98. The van der Waals surface area contributed by atoms with Crippen molar-refractivity contribution in [1.82, 2.24) is 0 Å². The van der Waals surface area contributed by atoms with Crippen LogP contribution in [0.5, 0.6) is 0 Å². The van der Waals surface area contributed by atoms with E-state index in [4.69, 9.17) is 5.73 Å². The normalized spacial score (nSPS) is 16.0. The fraction of sp³-hybridized carbons (Fsp3) is 0.697. The average molecular weight is 498 g/mol. The van der Waals surface area contributed by atoms with E-state index in [2.05, 4.69) is 93.2 Å². The summed E-state index contributed by atoms with van der Waals surface area (Å²) >= 11 is 0. The van der Waals surface area contributed by atoms with Crippen LogP contribution in [0.15, 0.2) is 30.5 Å². The van der Waals surface area contributed by atoms with Gasteiger partial charge in [-0.25, -0.2) is 6.08 Å². The van der Waals surface area contributed by atoms with Gasteiger partial charge in [0.25, 0.3) is 0 Å². The quantitative estimate of drug-likeness (QED) is 0.253. The molecule has 202 valence electrons. The number of benzene rings is 1. The summed E-state index contributed by atoms with van der Waals surface area (Å²) in [6, 6.07) is 6.29. The van der Waals surface area contributed by atoms with Gasteiger partial charge in [-0.2, -0.15) is 12.2 Å². The Morgan fingerprint density at radius 3 is 1.71 bits per heavy atom. The summed E-state index contributed by atoms with van der Waals surface area (Å²) in [6.07, 6.45) is 8.68. The number of hydrogen-bond acceptors (Lipinski definition) is 1. The molecule has 0 heterocycles. The van der Waals surface area contributed by atoms with Crippen molar-refractivity contribution in [2.24, 2.45) is 29.4 Å². The van der Waals surface area contributed by atoms with Gasteiger partial charge >= 0.3 is 29.6 Å². The predicted octanol–water partition coefficient (Wildman–Crippen LogP) is 8.20. The summed E-state index contributed by atoms with van der Waals surface area (Å²) in [6.45, 7) is 35.3. The largest absolute Gasteiger partial charge is 1.00 e. The molecule has 2 atom stereocenters. The van der Waals surface area contributed by atoms with Crippen molar-refractivity contribution in [2.75, 3.05) is 0 Å². The van der Waals surface area contributed by atoms with Gasteiger partial charge in [0.05, 0.1) is 0 Å². The Hall–Kier alpha value is -0.500. The Balaban J connectivity index is -0.000000133. The number of hydrogen-bond donors (Lipinski definition) is 1. The van der Waals surface area contributed by atoms with Gasteiger partial charge in [-0.1, -0.05) is 145 Å². The van der Waals surface area contributed by atoms with Crippen molar-refractivity contribution in [2.45, 2.75) is 130 Å². The van der Waals surface area contributed by atoms with Gasteiger partial charge in [0.2, 0.25) is 0 Å². The SMILES string of the molecule is C=[C-]/C(N)=C(\c1cccc(C)c1C)C(C)C.CC.CC.CC.CC(C)C.CCC1CCC(C)C1.[Na+]. The fourth-order valence-electron chi connectivity index (χ4n) is 3.60. The maximum Gasteiger partial charge on any atom is 1.00 e. The molecule has 0 aromatic heterocycles. The van der Waals surface area contributed by atoms with E-state index in [1.165, 1.54) is 42.4 Å². The smallest absolute Gasteiger partial charge is 0.431 e. The number of nitrogens with two attached hydrogens (primary N) is 1. The molecule has 2 unspecified atom stereocenters. The van der Waals surface area contributed by atoms with Crippen LogP contribution in [0.4, 0.5) is 0 Å². The standard InChI is InChI=1S/C15H20N.C8H16.C4H10.3C2H6.Na/c1-6-14(16)15(10(2)3)13-9-7-8-11(4)12(13)5;1-3-8-5-4-7(2)6-8;1-4(2)3;3*1-2;/h7-10H,1,16H2,2-5H3;7-8H,3-6H2,1-2H3;4H,1-3H3;3*1-2H3;/q-1;;;;;;+1/b15-14+;;;;;;. The molecule has 1 fully saturated rings. The van der Waals surface area contributed by atoms with Crippen LogP contribution in [0, 0.1) is 43.6 Å². The minimum absolute atomic E-state index is 0. The van der Waals surface area contributed by atoms with Gasteiger partial charge in [0.15, 0.2) is 0 Å². The molecule has 1 aliphatic carbocycles. The summed E-state index contributed by atoms with van der Waals surface area (Å²) in [5, 5.41) is 0. The van der Waals surface area contributed by atoms with Crippen molar-refractivity contribution in [3.05, 3.63) is 53.2 Å². The van der Waals surface area contributed by atoms with E-state index in [1.807, 2.05) is 41.5 Å². The van der Waals surface area contributed by atoms with Gasteiger partial charge in [0, 0.05) is 0 Å². The topological polar surface area (TPSA) is 26.0 Å². The van der Waals surface area contributed by atoms with Crippen LogP contribution in [0.3, 0.4) is 0 Å². The number of allylic oxidation sites excluding steroid dienone is 2. The molecule has 1 aromatic rings. The summed E-state index contributed by atoms with van der Waals surface area (Å²) in [5.41, 5.74) is 11.5. The van der Waals surface area contributed by atoms with Gasteiger partial charge in [0.1, 0.15) is 0 Å². The Labute approximate surface area is 246 Å². The van der Waals surface area contributed by atoms with E-state index < -0.39 is 0 Å². The number of rotatable bonds is 4. The van der Waals surface area contributed by atoms with Gasteiger partial charge in [-0.3, -0.25) is 0 Å². The molecule has 1 nitrogen and oxygen atoms in total. The first kappa shape index (κ1) is 44.5. The summed E-state index contributed by atoms with van der Waals surface area (Å²) in [4.78, 5) is 0. The van der Waals surface area contributed by atoms with Crippen LogP contribution < -0.4 is 35.3 Å². The van der Waals surface area contributed by atoms with E-state index in [0.29, 0.717) is 11.6 Å². The summed E-state index contributed by atoms with van der Waals surface area (Å²) < 4.78 is 0. The molecule has 35 heavy (non-hydrogen) atoms. The summed E-state index contributed by atoms with van der Waals surface area (Å²) in [5.74, 6) is 3.31. The maximum atomic E-state index is 5.98. The molecule has 0 saturated heterocycles. The second-order valence-electron chi connectivity index (χ2n) is 9.33. The van der Waals surface area contributed by atoms with Crippen LogP contribution >= 0.6 is 0 Å². The third-order valence-corrected chi connectivity index (χ3v) is 5.33. The van der Waals surface area contributed by atoms with E-state index in [-0.39, 0.29) is 29.6 Å². The molecular weight excluding hydrogens is 433 g/mol. The van der Waals surface area contributed by atoms with Crippen LogP contribution in [0.1, 0.15) is 132 Å². The molecular formula is C33H64NNa. The van der Waals surface area contributed by atoms with Crippen LogP contribution in [-0.4, -0.2) is 0 Å². The Morgan fingerprint density at radius 2 is 1.43 bits per heavy atom. The van der Waals surface area contributed by atoms with Crippen molar-refractivity contribution < 1.29 is 29.6 Å². The van der Waals surface area contributed by atoms with Crippen LogP contribution in [0.2, 0.25) is 0 Å². The molecule has 0 spiro atoms. The second-order valence-corrected chi connectivity index (χ2v) is 9.33. The van der Waals surface area contributed by atoms with E-state index in [1.54, 1.807) is 0 Å². The first-order valence-electron chi connectivity index (χ1n) is 14.1. The minimum Gasteiger partial charge on any atom is -0.431 e. The zero-order chi connectivity index (χ0) is 27.9. The van der Waals surface area contributed by atoms with Crippen molar-refractivity contribution in [1.29, 1.82) is 0 Å². The predicted molar refractivity (Wildman–Crippen MR) is 162 cm³/mol. The van der Waals surface area contributed by atoms with Gasteiger partial charge in [-0.15, -0.1) is 5.70 Å². The fourth-order valence-corrected chi connectivity index (χ4v) is 3.60. The van der Waals surface area contributed by atoms with Crippen molar-refractivity contribution in [3.63, 3.8) is 0 Å².